The van der Waals surface area contributed by atoms with Gasteiger partial charge in [0.05, 0.1) is 11.4 Å². The highest BCUT2D eigenvalue weighted by Crippen LogP contribution is 2.26. The van der Waals surface area contributed by atoms with E-state index in [0.29, 0.717) is 44.2 Å². The van der Waals surface area contributed by atoms with Gasteiger partial charge < -0.3 is 10.2 Å². The largest absolute Gasteiger partial charge is 0.352 e. The maximum atomic E-state index is 13.1. The van der Waals surface area contributed by atoms with Crippen molar-refractivity contribution in [2.24, 2.45) is 0 Å². The summed E-state index contributed by atoms with van der Waals surface area (Å²) >= 11 is 0. The van der Waals surface area contributed by atoms with Crippen LogP contribution in [-0.2, 0) is 32.5 Å². The second-order valence-electron chi connectivity index (χ2n) is 8.84. The molecule has 0 radical (unpaired) electrons. The molecule has 31 heavy (non-hydrogen) atoms. The fraction of sp³-hybridized carbons (Fsp3) is 0.636. The standard InChI is InChI=1S/C22H32N4O4S/c1-17(27)23-20-6-3-9-24(15-20)16-22(28)25-10-12-26(13-11-25)31(29,30)21-8-7-18-4-2-5-19(18)14-21/h7-8,14,20H,2-6,9-13,15-16H2,1H3,(H,23,27). The predicted octanol–water partition coefficient (Wildman–Crippen LogP) is 0.609. The van der Waals surface area contributed by atoms with Gasteiger partial charge in [-0.15, -0.1) is 0 Å². The number of nitrogens with zero attached hydrogens (tertiary/aromatic N) is 3. The highest BCUT2D eigenvalue weighted by molar-refractivity contribution is 7.89. The Morgan fingerprint density at radius 2 is 1.77 bits per heavy atom. The number of hydrogen-bond donors (Lipinski definition) is 1. The minimum Gasteiger partial charge on any atom is -0.352 e. The third-order valence-electron chi connectivity index (χ3n) is 6.57. The molecule has 3 aliphatic rings. The van der Waals surface area contributed by atoms with Gasteiger partial charge in [0, 0.05) is 45.7 Å². The first-order valence-electron chi connectivity index (χ1n) is 11.2. The second kappa shape index (κ2) is 9.26. The number of aryl methyl sites for hydroxylation is 2. The predicted molar refractivity (Wildman–Crippen MR) is 117 cm³/mol. The van der Waals surface area contributed by atoms with E-state index in [1.165, 1.54) is 16.8 Å². The van der Waals surface area contributed by atoms with Crippen molar-refractivity contribution in [1.29, 1.82) is 0 Å². The molecule has 1 aromatic rings. The Morgan fingerprint density at radius 3 is 2.52 bits per heavy atom. The molecular weight excluding hydrogens is 416 g/mol. The number of carbonyl (C=O) groups is 2. The van der Waals surface area contributed by atoms with E-state index < -0.39 is 10.0 Å². The van der Waals surface area contributed by atoms with Gasteiger partial charge in [-0.1, -0.05) is 6.07 Å². The zero-order valence-corrected chi connectivity index (χ0v) is 19.0. The maximum Gasteiger partial charge on any atom is 0.243 e. The molecule has 1 aliphatic carbocycles. The molecule has 4 rings (SSSR count). The summed E-state index contributed by atoms with van der Waals surface area (Å²) in [6, 6.07) is 5.59. The lowest BCUT2D eigenvalue weighted by molar-refractivity contribution is -0.133. The lowest BCUT2D eigenvalue weighted by atomic mass is 10.1. The quantitative estimate of drug-likeness (QED) is 0.713. The van der Waals surface area contributed by atoms with Crippen LogP contribution in [0, 0.1) is 0 Å². The number of sulfonamides is 1. The van der Waals surface area contributed by atoms with Crippen molar-refractivity contribution in [2.75, 3.05) is 45.8 Å². The summed E-state index contributed by atoms with van der Waals surface area (Å²) < 4.78 is 27.7. The van der Waals surface area contributed by atoms with E-state index in [-0.39, 0.29) is 17.9 Å². The highest BCUT2D eigenvalue weighted by Gasteiger charge is 2.32. The normalized spacial score (nSPS) is 22.9. The fourth-order valence-electron chi connectivity index (χ4n) is 4.93. The molecule has 9 heteroatoms. The van der Waals surface area contributed by atoms with Crippen molar-refractivity contribution in [3.05, 3.63) is 29.3 Å². The Labute approximate surface area is 184 Å². The van der Waals surface area contributed by atoms with Crippen molar-refractivity contribution in [2.45, 2.75) is 50.0 Å². The average Bonchev–Trinajstić information content (AvgIpc) is 3.21. The number of piperazine rings is 1. The molecule has 0 saturated carbocycles. The minimum atomic E-state index is -3.53. The van der Waals surface area contributed by atoms with Crippen LogP contribution in [0.15, 0.2) is 23.1 Å². The van der Waals surface area contributed by atoms with Gasteiger partial charge >= 0.3 is 0 Å². The molecule has 2 saturated heterocycles. The van der Waals surface area contributed by atoms with Gasteiger partial charge in [0.1, 0.15) is 0 Å². The van der Waals surface area contributed by atoms with Crippen molar-refractivity contribution >= 4 is 21.8 Å². The van der Waals surface area contributed by atoms with Gasteiger partial charge in [-0.25, -0.2) is 8.42 Å². The Kier molecular flexibility index (Phi) is 6.64. The Morgan fingerprint density at radius 1 is 1.03 bits per heavy atom. The number of piperidine rings is 1. The summed E-state index contributed by atoms with van der Waals surface area (Å²) in [6.07, 6.45) is 4.94. The molecular formula is C22H32N4O4S. The molecule has 1 aromatic carbocycles. The third-order valence-corrected chi connectivity index (χ3v) is 8.47. The SMILES string of the molecule is CC(=O)NC1CCCN(CC(=O)N2CCN(S(=O)(=O)c3ccc4c(c3)CCC4)CC2)C1. The molecule has 170 valence electrons. The van der Waals surface area contributed by atoms with Gasteiger partial charge in [-0.2, -0.15) is 4.31 Å². The van der Waals surface area contributed by atoms with Crippen LogP contribution in [0.2, 0.25) is 0 Å². The summed E-state index contributed by atoms with van der Waals surface area (Å²) in [5.41, 5.74) is 2.40. The number of rotatable bonds is 5. The first kappa shape index (κ1) is 22.2. The average molecular weight is 449 g/mol. The lowest BCUT2D eigenvalue weighted by Crippen LogP contribution is -2.54. The monoisotopic (exact) mass is 448 g/mol. The summed E-state index contributed by atoms with van der Waals surface area (Å²) in [5, 5.41) is 2.94. The minimum absolute atomic E-state index is 0.0260. The zero-order chi connectivity index (χ0) is 22.0. The van der Waals surface area contributed by atoms with Crippen LogP contribution in [0.5, 0.6) is 0 Å². The van der Waals surface area contributed by atoms with Crippen LogP contribution in [-0.4, -0.2) is 86.2 Å². The van der Waals surface area contributed by atoms with E-state index in [1.54, 1.807) is 11.0 Å². The number of nitrogens with one attached hydrogen (secondary N) is 1. The van der Waals surface area contributed by atoms with Gasteiger partial charge in [0.15, 0.2) is 0 Å². The first-order chi connectivity index (χ1) is 14.8. The van der Waals surface area contributed by atoms with Crippen molar-refractivity contribution < 1.29 is 18.0 Å². The van der Waals surface area contributed by atoms with Crippen LogP contribution in [0.1, 0.15) is 37.3 Å². The Hall–Kier alpha value is -1.97. The van der Waals surface area contributed by atoms with E-state index in [9.17, 15) is 18.0 Å². The Bertz CT molecular complexity index is 941. The Balaban J connectivity index is 1.31. The van der Waals surface area contributed by atoms with Crippen molar-refractivity contribution in [3.63, 3.8) is 0 Å². The van der Waals surface area contributed by atoms with E-state index in [4.69, 9.17) is 0 Å². The zero-order valence-electron chi connectivity index (χ0n) is 18.2. The molecule has 2 fully saturated rings. The number of benzene rings is 1. The molecule has 8 nitrogen and oxygen atoms in total. The van der Waals surface area contributed by atoms with Gasteiger partial charge in [0.2, 0.25) is 21.8 Å². The van der Waals surface area contributed by atoms with Crippen molar-refractivity contribution in [3.8, 4) is 0 Å². The first-order valence-corrected chi connectivity index (χ1v) is 12.7. The number of likely N-dealkylation sites (tertiary alicyclic amines) is 1. The molecule has 2 heterocycles. The molecule has 0 bridgehead atoms. The van der Waals surface area contributed by atoms with Crippen LogP contribution in [0.25, 0.3) is 0 Å². The van der Waals surface area contributed by atoms with Crippen LogP contribution >= 0.6 is 0 Å². The molecule has 1 atom stereocenters. The van der Waals surface area contributed by atoms with E-state index in [1.807, 2.05) is 12.1 Å². The highest BCUT2D eigenvalue weighted by atomic mass is 32.2. The van der Waals surface area contributed by atoms with Gasteiger partial charge in [-0.05, 0) is 61.9 Å². The third kappa shape index (κ3) is 5.10. The fourth-order valence-corrected chi connectivity index (χ4v) is 6.40. The van der Waals surface area contributed by atoms with Crippen LogP contribution in [0.4, 0.5) is 0 Å². The molecule has 1 N–H and O–H groups in total. The van der Waals surface area contributed by atoms with Crippen molar-refractivity contribution in [1.82, 2.24) is 19.4 Å². The molecule has 0 spiro atoms. The number of fused-ring (bicyclic) bond motifs is 1. The summed E-state index contributed by atoms with van der Waals surface area (Å²) in [4.78, 5) is 28.3. The molecule has 0 aromatic heterocycles. The smallest absolute Gasteiger partial charge is 0.243 e. The van der Waals surface area contributed by atoms with Crippen LogP contribution in [0.3, 0.4) is 0 Å². The topological polar surface area (TPSA) is 90.0 Å². The van der Waals surface area contributed by atoms with E-state index in [0.717, 1.165) is 44.2 Å². The van der Waals surface area contributed by atoms with Gasteiger partial charge in [0.25, 0.3) is 0 Å². The van der Waals surface area contributed by atoms with Crippen LogP contribution < -0.4 is 5.32 Å². The van der Waals surface area contributed by atoms with E-state index in [2.05, 4.69) is 10.2 Å². The molecule has 2 amide bonds. The lowest BCUT2D eigenvalue weighted by Gasteiger charge is -2.37. The number of hydrogen-bond acceptors (Lipinski definition) is 5. The number of carbonyl (C=O) groups excluding carboxylic acids is 2. The maximum absolute atomic E-state index is 13.1. The van der Waals surface area contributed by atoms with Gasteiger partial charge in [-0.3, -0.25) is 14.5 Å². The summed E-state index contributed by atoms with van der Waals surface area (Å²) in [6.45, 7) is 4.80. The summed E-state index contributed by atoms with van der Waals surface area (Å²) in [5.74, 6) is -0.0167. The number of amides is 2. The molecule has 1 unspecified atom stereocenters. The van der Waals surface area contributed by atoms with E-state index >= 15 is 0 Å². The second-order valence-corrected chi connectivity index (χ2v) is 10.8. The summed E-state index contributed by atoms with van der Waals surface area (Å²) in [7, 11) is -3.53. The molecule has 2 aliphatic heterocycles.